The van der Waals surface area contributed by atoms with Crippen molar-refractivity contribution in [1.29, 1.82) is 0 Å². The number of halogens is 2. The number of rotatable bonds is 3. The molecule has 6 heteroatoms. The lowest BCUT2D eigenvalue weighted by Crippen LogP contribution is -2.30. The Hall–Kier alpha value is -2.24. The van der Waals surface area contributed by atoms with Gasteiger partial charge in [-0.3, -0.25) is 4.79 Å². The fourth-order valence-electron chi connectivity index (χ4n) is 2.09. The minimum atomic E-state index is -2.99. The van der Waals surface area contributed by atoms with E-state index in [0.29, 0.717) is 24.2 Å². The molecule has 0 saturated heterocycles. The van der Waals surface area contributed by atoms with Gasteiger partial charge in [0.25, 0.3) is 5.92 Å². The average molecular weight is 293 g/mol. The van der Waals surface area contributed by atoms with Gasteiger partial charge in [0.15, 0.2) is 0 Å². The molecule has 0 unspecified atom stereocenters. The minimum Gasteiger partial charge on any atom is -0.326 e. The van der Waals surface area contributed by atoms with Crippen LogP contribution in [0.25, 0.3) is 0 Å². The summed E-state index contributed by atoms with van der Waals surface area (Å²) in [7, 11) is 0. The monoisotopic (exact) mass is 293 g/mol. The van der Waals surface area contributed by atoms with E-state index in [-0.39, 0.29) is 11.6 Å². The van der Waals surface area contributed by atoms with Crippen LogP contribution < -0.4 is 5.32 Å². The molecule has 1 N–H and O–H groups in total. The number of nitrogens with one attached hydrogen (secondary N) is 1. The number of carbonyl (C=O) groups excluding carboxylic acids is 1. The molecule has 0 bridgehead atoms. The molecule has 21 heavy (non-hydrogen) atoms. The summed E-state index contributed by atoms with van der Waals surface area (Å²) < 4.78 is 27.4. The van der Waals surface area contributed by atoms with Gasteiger partial charge in [0, 0.05) is 32.2 Å². The molecule has 2 rings (SSSR count). The molecule has 0 fully saturated rings. The Morgan fingerprint density at radius 2 is 2.14 bits per heavy atom. The highest BCUT2D eigenvalue weighted by Gasteiger charge is 2.34. The van der Waals surface area contributed by atoms with Gasteiger partial charge in [-0.05, 0) is 18.6 Å². The van der Waals surface area contributed by atoms with Crippen molar-refractivity contribution >= 4 is 12.1 Å². The molecule has 0 aromatic heterocycles. The van der Waals surface area contributed by atoms with Gasteiger partial charge < -0.3 is 5.32 Å². The van der Waals surface area contributed by atoms with Crippen LogP contribution >= 0.6 is 0 Å². The highest BCUT2D eigenvalue weighted by molar-refractivity contribution is 5.75. The Labute approximate surface area is 122 Å². The van der Waals surface area contributed by atoms with E-state index in [1.54, 1.807) is 24.4 Å². The number of hydrazone groups is 1. The second kappa shape index (κ2) is 6.03. The second-order valence-electron chi connectivity index (χ2n) is 4.87. The van der Waals surface area contributed by atoms with Gasteiger partial charge in [0.2, 0.25) is 5.91 Å². The fourth-order valence-corrected chi connectivity index (χ4v) is 2.09. The number of nitrogens with zero attached hydrogens (tertiary/aromatic N) is 2. The van der Waals surface area contributed by atoms with Crippen molar-refractivity contribution in [3.63, 3.8) is 0 Å². The van der Waals surface area contributed by atoms with Crippen LogP contribution in [0, 0.1) is 0 Å². The summed E-state index contributed by atoms with van der Waals surface area (Å²) in [6.45, 7) is 2.24. The maximum absolute atomic E-state index is 13.7. The topological polar surface area (TPSA) is 44.7 Å². The van der Waals surface area contributed by atoms with E-state index >= 15 is 0 Å². The third-order valence-electron chi connectivity index (χ3n) is 2.92. The number of allylic oxidation sites excluding steroid dienone is 6. The van der Waals surface area contributed by atoms with E-state index in [4.69, 9.17) is 0 Å². The molecule has 1 aliphatic heterocycles. The molecule has 4 nitrogen and oxygen atoms in total. The Kier molecular flexibility index (Phi) is 4.35. The largest absolute Gasteiger partial charge is 0.326 e. The zero-order valence-corrected chi connectivity index (χ0v) is 11.9. The first kappa shape index (κ1) is 15.2. The zero-order valence-electron chi connectivity index (χ0n) is 11.9. The number of carbonyl (C=O) groups is 1. The molecule has 0 radical (unpaired) electrons. The summed E-state index contributed by atoms with van der Waals surface area (Å²) in [5.41, 5.74) is 0.898. The molecule has 0 atom stereocenters. The van der Waals surface area contributed by atoms with Crippen molar-refractivity contribution in [2.45, 2.75) is 32.6 Å². The summed E-state index contributed by atoms with van der Waals surface area (Å²) >= 11 is 0. The van der Waals surface area contributed by atoms with E-state index in [1.165, 1.54) is 18.0 Å². The van der Waals surface area contributed by atoms with Gasteiger partial charge in [-0.2, -0.15) is 13.9 Å². The second-order valence-corrected chi connectivity index (χ2v) is 4.87. The predicted octanol–water partition coefficient (Wildman–Crippen LogP) is 3.08. The van der Waals surface area contributed by atoms with E-state index in [9.17, 15) is 13.6 Å². The van der Waals surface area contributed by atoms with Crippen LogP contribution in [0.5, 0.6) is 0 Å². The molecule has 0 aromatic carbocycles. The molecule has 0 saturated carbocycles. The first-order valence-electron chi connectivity index (χ1n) is 6.65. The third kappa shape index (κ3) is 3.87. The standard InChI is InChI=1S/C15H17F2N3O/c1-11(21)19-12-6-3-4-7-13(10-12)20-14(15(2,16)17)8-5-9-18-20/h3,6-10H,4-5H2,1-2H3,(H,19,21). The SMILES string of the molecule is CC(=O)NC1=CC(N2N=CCC=C2C(C)(F)F)=CCC=C1. The first-order chi connectivity index (χ1) is 9.88. The van der Waals surface area contributed by atoms with Gasteiger partial charge in [0.05, 0.1) is 5.70 Å². The summed E-state index contributed by atoms with van der Waals surface area (Å²) in [6, 6.07) is 0. The van der Waals surface area contributed by atoms with E-state index in [1.807, 2.05) is 6.08 Å². The first-order valence-corrected chi connectivity index (χ1v) is 6.65. The molecule has 0 aromatic rings. The Morgan fingerprint density at radius 3 is 2.81 bits per heavy atom. The predicted molar refractivity (Wildman–Crippen MR) is 77.4 cm³/mol. The van der Waals surface area contributed by atoms with Crippen molar-refractivity contribution in [1.82, 2.24) is 10.3 Å². The molecular weight excluding hydrogens is 276 g/mol. The van der Waals surface area contributed by atoms with Crippen molar-refractivity contribution in [2.24, 2.45) is 5.10 Å². The van der Waals surface area contributed by atoms with Gasteiger partial charge in [-0.1, -0.05) is 18.2 Å². The van der Waals surface area contributed by atoms with Crippen LogP contribution in [-0.4, -0.2) is 23.1 Å². The van der Waals surface area contributed by atoms with Crippen molar-refractivity contribution < 1.29 is 13.6 Å². The Morgan fingerprint density at radius 1 is 1.38 bits per heavy atom. The van der Waals surface area contributed by atoms with E-state index < -0.39 is 5.92 Å². The maximum Gasteiger partial charge on any atom is 0.286 e. The molecule has 0 spiro atoms. The van der Waals surface area contributed by atoms with Crippen molar-refractivity contribution in [3.8, 4) is 0 Å². The van der Waals surface area contributed by atoms with Gasteiger partial charge in [0.1, 0.15) is 5.70 Å². The highest BCUT2D eigenvalue weighted by atomic mass is 19.3. The number of hydrogen-bond acceptors (Lipinski definition) is 3. The zero-order chi connectivity index (χ0) is 15.5. The summed E-state index contributed by atoms with van der Waals surface area (Å²) in [6.07, 6.45) is 11.0. The van der Waals surface area contributed by atoms with Gasteiger partial charge in [-0.25, -0.2) is 5.01 Å². The smallest absolute Gasteiger partial charge is 0.286 e. The van der Waals surface area contributed by atoms with E-state index in [2.05, 4.69) is 10.4 Å². The lowest BCUT2D eigenvalue weighted by atomic mass is 10.1. The number of alkyl halides is 2. The molecular formula is C15H17F2N3O. The van der Waals surface area contributed by atoms with Crippen molar-refractivity contribution in [2.75, 3.05) is 0 Å². The summed E-state index contributed by atoms with van der Waals surface area (Å²) in [5.74, 6) is -3.20. The van der Waals surface area contributed by atoms with Crippen LogP contribution in [0.2, 0.25) is 0 Å². The maximum atomic E-state index is 13.7. The fraction of sp³-hybridized carbons (Fsp3) is 0.333. The molecule has 2 aliphatic rings. The summed E-state index contributed by atoms with van der Waals surface area (Å²) in [5, 5.41) is 7.94. The lowest BCUT2D eigenvalue weighted by Gasteiger charge is -2.29. The van der Waals surface area contributed by atoms with Crippen LogP contribution in [-0.2, 0) is 4.79 Å². The molecule has 1 amide bonds. The Bertz CT molecular complexity index is 580. The molecule has 1 heterocycles. The highest BCUT2D eigenvalue weighted by Crippen LogP contribution is 2.32. The third-order valence-corrected chi connectivity index (χ3v) is 2.92. The van der Waals surface area contributed by atoms with Gasteiger partial charge in [-0.15, -0.1) is 0 Å². The van der Waals surface area contributed by atoms with Gasteiger partial charge >= 0.3 is 0 Å². The van der Waals surface area contributed by atoms with Crippen LogP contribution in [0.1, 0.15) is 26.7 Å². The quantitative estimate of drug-likeness (QED) is 0.869. The molecule has 1 aliphatic carbocycles. The Balaban J connectivity index is 2.33. The number of hydrogen-bond donors (Lipinski definition) is 1. The normalized spacial score (nSPS) is 18.7. The van der Waals surface area contributed by atoms with E-state index in [0.717, 1.165) is 6.92 Å². The lowest BCUT2D eigenvalue weighted by molar-refractivity contribution is -0.118. The minimum absolute atomic E-state index is 0.156. The average Bonchev–Trinajstić information content (AvgIpc) is 2.62. The van der Waals surface area contributed by atoms with Crippen LogP contribution in [0.15, 0.2) is 52.6 Å². The summed E-state index contributed by atoms with van der Waals surface area (Å²) in [4.78, 5) is 11.2. The van der Waals surface area contributed by atoms with Crippen molar-refractivity contribution in [3.05, 3.63) is 47.5 Å². The molecule has 112 valence electrons. The van der Waals surface area contributed by atoms with Crippen LogP contribution in [0.3, 0.4) is 0 Å². The number of amides is 1. The van der Waals surface area contributed by atoms with Crippen LogP contribution in [0.4, 0.5) is 8.78 Å².